The molecule has 2 heteroatoms. The summed E-state index contributed by atoms with van der Waals surface area (Å²) in [4.78, 5) is 3.99. The first kappa shape index (κ1) is 9.37. The molecule has 0 saturated carbocycles. The molecule has 0 saturated heterocycles. The highest BCUT2D eigenvalue weighted by Crippen LogP contribution is 1.95. The van der Waals surface area contributed by atoms with Crippen molar-refractivity contribution in [3.8, 4) is 0 Å². The van der Waals surface area contributed by atoms with Gasteiger partial charge in [-0.25, -0.2) is 0 Å². The molecule has 0 heterocycles. The van der Waals surface area contributed by atoms with Gasteiger partial charge in [-0.15, -0.1) is 6.58 Å². The summed E-state index contributed by atoms with van der Waals surface area (Å²) >= 11 is 0. The topological polar surface area (TPSA) is 32.6 Å². The lowest BCUT2D eigenvalue weighted by Gasteiger charge is -2.08. The van der Waals surface area contributed by atoms with E-state index in [9.17, 15) is 0 Å². The molecule has 0 amide bonds. The van der Waals surface area contributed by atoms with E-state index in [1.165, 1.54) is 0 Å². The van der Waals surface area contributed by atoms with Gasteiger partial charge >= 0.3 is 0 Å². The highest BCUT2D eigenvalue weighted by atomic mass is 16.3. The van der Waals surface area contributed by atoms with Crippen molar-refractivity contribution in [2.45, 2.75) is 25.9 Å². The second kappa shape index (κ2) is 4.23. The molecule has 0 atom stereocenters. The van der Waals surface area contributed by atoms with Gasteiger partial charge in [-0.1, -0.05) is 6.08 Å². The molecule has 0 radical (unpaired) electrons. The van der Waals surface area contributed by atoms with Crippen LogP contribution in [0, 0.1) is 0 Å². The third-order valence-corrected chi connectivity index (χ3v) is 0.870. The summed E-state index contributed by atoms with van der Waals surface area (Å²) in [7, 11) is 0. The molecule has 0 bridgehead atoms. The van der Waals surface area contributed by atoms with Crippen molar-refractivity contribution in [3.05, 3.63) is 12.7 Å². The summed E-state index contributed by atoms with van der Waals surface area (Å²) < 4.78 is 0. The van der Waals surface area contributed by atoms with Gasteiger partial charge in [-0.2, -0.15) is 0 Å². The predicted molar refractivity (Wildman–Crippen MR) is 44.5 cm³/mol. The van der Waals surface area contributed by atoms with Crippen LogP contribution < -0.4 is 0 Å². The van der Waals surface area contributed by atoms with Crippen LogP contribution >= 0.6 is 0 Å². The first-order valence-electron chi connectivity index (χ1n) is 3.40. The Hall–Kier alpha value is -0.630. The SMILES string of the molecule is C=CCCN=CC(C)(C)O. The quantitative estimate of drug-likeness (QED) is 0.358. The maximum atomic E-state index is 9.14. The minimum absolute atomic E-state index is 0.716. The second-order valence-electron chi connectivity index (χ2n) is 2.77. The fourth-order valence-electron chi connectivity index (χ4n) is 0.454. The second-order valence-corrected chi connectivity index (χ2v) is 2.77. The lowest BCUT2D eigenvalue weighted by atomic mass is 10.2. The van der Waals surface area contributed by atoms with E-state index in [0.29, 0.717) is 6.54 Å². The lowest BCUT2D eigenvalue weighted by molar-refractivity contribution is 0.159. The Kier molecular flexibility index (Phi) is 3.96. The normalized spacial score (nSPS) is 12.3. The van der Waals surface area contributed by atoms with Gasteiger partial charge in [-0.3, -0.25) is 4.99 Å². The summed E-state index contributed by atoms with van der Waals surface area (Å²) in [6.45, 7) is 7.67. The maximum Gasteiger partial charge on any atom is 0.0936 e. The number of hydrogen-bond donors (Lipinski definition) is 1. The molecule has 10 heavy (non-hydrogen) atoms. The average molecular weight is 141 g/mol. The molecule has 0 fully saturated rings. The predicted octanol–water partition coefficient (Wildman–Crippen LogP) is 1.40. The van der Waals surface area contributed by atoms with Crippen LogP contribution in [0.2, 0.25) is 0 Å². The van der Waals surface area contributed by atoms with E-state index in [1.807, 2.05) is 6.08 Å². The van der Waals surface area contributed by atoms with E-state index in [2.05, 4.69) is 11.6 Å². The van der Waals surface area contributed by atoms with Crippen LogP contribution in [0.3, 0.4) is 0 Å². The monoisotopic (exact) mass is 141 g/mol. The van der Waals surface area contributed by atoms with Crippen molar-refractivity contribution in [3.63, 3.8) is 0 Å². The zero-order valence-electron chi connectivity index (χ0n) is 6.67. The van der Waals surface area contributed by atoms with Gasteiger partial charge in [0.25, 0.3) is 0 Å². The average Bonchev–Trinajstić information content (AvgIpc) is 1.78. The van der Waals surface area contributed by atoms with Gasteiger partial charge in [0, 0.05) is 12.8 Å². The van der Waals surface area contributed by atoms with Crippen LogP contribution in [0.5, 0.6) is 0 Å². The fraction of sp³-hybridized carbons (Fsp3) is 0.625. The van der Waals surface area contributed by atoms with Crippen LogP contribution in [0.25, 0.3) is 0 Å². The van der Waals surface area contributed by atoms with Crippen molar-refractivity contribution >= 4 is 6.21 Å². The summed E-state index contributed by atoms with van der Waals surface area (Å²) in [5.41, 5.74) is -0.777. The third kappa shape index (κ3) is 7.37. The van der Waals surface area contributed by atoms with Gasteiger partial charge in [0.1, 0.15) is 0 Å². The number of aliphatic imine (C=N–C) groups is 1. The highest BCUT2D eigenvalue weighted by molar-refractivity contribution is 5.66. The summed E-state index contributed by atoms with van der Waals surface area (Å²) in [5, 5.41) is 9.14. The van der Waals surface area contributed by atoms with E-state index < -0.39 is 5.60 Å². The molecule has 0 aliphatic heterocycles. The van der Waals surface area contributed by atoms with Crippen LogP contribution in [0.15, 0.2) is 17.6 Å². The number of hydrogen-bond acceptors (Lipinski definition) is 2. The molecule has 1 N–H and O–H groups in total. The Labute approximate surface area is 62.3 Å². The van der Waals surface area contributed by atoms with Crippen molar-refractivity contribution < 1.29 is 5.11 Å². The van der Waals surface area contributed by atoms with Crippen molar-refractivity contribution in [2.75, 3.05) is 6.54 Å². The number of aliphatic hydroxyl groups is 1. The van der Waals surface area contributed by atoms with Gasteiger partial charge < -0.3 is 5.11 Å². The molecular formula is C8H15NO. The Morgan fingerprint density at radius 1 is 1.60 bits per heavy atom. The van der Waals surface area contributed by atoms with E-state index >= 15 is 0 Å². The van der Waals surface area contributed by atoms with Crippen molar-refractivity contribution in [2.24, 2.45) is 4.99 Å². The Balaban J connectivity index is 3.46. The van der Waals surface area contributed by atoms with E-state index in [4.69, 9.17) is 5.11 Å². The van der Waals surface area contributed by atoms with Crippen molar-refractivity contribution in [1.29, 1.82) is 0 Å². The molecule has 0 aromatic rings. The highest BCUT2D eigenvalue weighted by Gasteiger charge is 2.05. The van der Waals surface area contributed by atoms with E-state index in [1.54, 1.807) is 20.1 Å². The standard InChI is InChI=1S/C8H15NO/c1-4-5-6-9-7-8(2,3)10/h4,7,10H,1,5-6H2,2-3H3. The fourth-order valence-corrected chi connectivity index (χ4v) is 0.454. The van der Waals surface area contributed by atoms with Gasteiger partial charge in [0.15, 0.2) is 0 Å². The molecule has 0 aliphatic rings. The van der Waals surface area contributed by atoms with Crippen LogP contribution in [0.4, 0.5) is 0 Å². The summed E-state index contributed by atoms with van der Waals surface area (Å²) in [5.74, 6) is 0. The van der Waals surface area contributed by atoms with Crippen LogP contribution in [0.1, 0.15) is 20.3 Å². The molecule has 2 nitrogen and oxygen atoms in total. The molecule has 0 unspecified atom stereocenters. The first-order valence-corrected chi connectivity index (χ1v) is 3.40. The van der Waals surface area contributed by atoms with Gasteiger partial charge in [0.2, 0.25) is 0 Å². The minimum Gasteiger partial charge on any atom is -0.385 e. The summed E-state index contributed by atoms with van der Waals surface area (Å²) in [6.07, 6.45) is 4.23. The molecule has 0 aromatic heterocycles. The van der Waals surface area contributed by atoms with Crippen LogP contribution in [-0.2, 0) is 0 Å². The molecular weight excluding hydrogens is 126 g/mol. The third-order valence-electron chi connectivity index (χ3n) is 0.870. The van der Waals surface area contributed by atoms with Gasteiger partial charge in [0.05, 0.1) is 5.60 Å². The molecule has 0 rings (SSSR count). The minimum atomic E-state index is -0.777. The zero-order chi connectivity index (χ0) is 8.04. The molecule has 0 aliphatic carbocycles. The Morgan fingerprint density at radius 3 is 2.60 bits per heavy atom. The Morgan fingerprint density at radius 2 is 2.20 bits per heavy atom. The Bertz CT molecular complexity index is 122. The smallest absolute Gasteiger partial charge is 0.0936 e. The molecule has 0 spiro atoms. The van der Waals surface area contributed by atoms with Gasteiger partial charge in [-0.05, 0) is 20.3 Å². The summed E-state index contributed by atoms with van der Waals surface area (Å²) in [6, 6.07) is 0. The van der Waals surface area contributed by atoms with Crippen molar-refractivity contribution in [1.82, 2.24) is 0 Å². The largest absolute Gasteiger partial charge is 0.385 e. The first-order chi connectivity index (χ1) is 4.56. The molecule has 58 valence electrons. The van der Waals surface area contributed by atoms with E-state index in [-0.39, 0.29) is 0 Å². The lowest BCUT2D eigenvalue weighted by Crippen LogP contribution is -2.20. The molecule has 0 aromatic carbocycles. The zero-order valence-corrected chi connectivity index (χ0v) is 6.67. The number of rotatable bonds is 4. The van der Waals surface area contributed by atoms with E-state index in [0.717, 1.165) is 6.42 Å². The number of nitrogens with zero attached hydrogens (tertiary/aromatic N) is 1. The van der Waals surface area contributed by atoms with Crippen LogP contribution in [-0.4, -0.2) is 23.5 Å². The maximum absolute atomic E-state index is 9.14.